The summed E-state index contributed by atoms with van der Waals surface area (Å²) in [5.74, 6) is -3.03. The Kier molecular flexibility index (Phi) is 4.51. The van der Waals surface area contributed by atoms with Gasteiger partial charge in [-0.1, -0.05) is 6.92 Å². The highest BCUT2D eigenvalue weighted by Gasteiger charge is 2.24. The molecule has 1 aromatic carbocycles. The zero-order chi connectivity index (χ0) is 14.6. The van der Waals surface area contributed by atoms with Crippen LogP contribution in [0.4, 0.5) is 10.1 Å². The number of carboxylic acids is 1. The molecule has 0 radical (unpaired) electrons. The van der Waals surface area contributed by atoms with Crippen LogP contribution in [0.1, 0.15) is 23.7 Å². The van der Waals surface area contributed by atoms with Crippen molar-refractivity contribution in [1.82, 2.24) is 5.32 Å². The van der Waals surface area contributed by atoms with Crippen molar-refractivity contribution in [2.75, 3.05) is 0 Å². The molecule has 1 amide bonds. The van der Waals surface area contributed by atoms with Crippen LogP contribution in [0.2, 0.25) is 0 Å². The van der Waals surface area contributed by atoms with Crippen molar-refractivity contribution in [3.8, 4) is 0 Å². The standard InChI is InChI=1S/C11H11FN2O5/c1-2-8(11(16)17)13-10(15)7-4-3-6(12)5-9(7)14(18)19/h3-5,8H,2H2,1H3,(H,13,15)(H,16,17). The van der Waals surface area contributed by atoms with E-state index in [1.165, 1.54) is 6.92 Å². The number of hydrogen-bond acceptors (Lipinski definition) is 4. The molecule has 0 saturated carbocycles. The van der Waals surface area contributed by atoms with Crippen molar-refractivity contribution in [2.24, 2.45) is 0 Å². The van der Waals surface area contributed by atoms with Gasteiger partial charge in [0.2, 0.25) is 0 Å². The third-order valence-electron chi connectivity index (χ3n) is 2.41. The summed E-state index contributed by atoms with van der Waals surface area (Å²) in [5, 5.41) is 21.6. The summed E-state index contributed by atoms with van der Waals surface area (Å²) in [4.78, 5) is 32.3. The van der Waals surface area contributed by atoms with Gasteiger partial charge in [0.25, 0.3) is 11.6 Å². The van der Waals surface area contributed by atoms with E-state index >= 15 is 0 Å². The summed E-state index contributed by atoms with van der Waals surface area (Å²) >= 11 is 0. The molecular formula is C11H11FN2O5. The SMILES string of the molecule is CCC(NC(=O)c1ccc(F)cc1[N+](=O)[O-])C(=O)O. The molecule has 7 nitrogen and oxygen atoms in total. The van der Waals surface area contributed by atoms with Gasteiger partial charge < -0.3 is 10.4 Å². The minimum atomic E-state index is -1.25. The van der Waals surface area contributed by atoms with E-state index in [-0.39, 0.29) is 12.0 Å². The van der Waals surface area contributed by atoms with Crippen molar-refractivity contribution in [1.29, 1.82) is 0 Å². The second-order valence-corrected chi connectivity index (χ2v) is 3.69. The van der Waals surface area contributed by atoms with Crippen molar-refractivity contribution in [3.63, 3.8) is 0 Å². The minimum absolute atomic E-state index is 0.121. The molecule has 0 fully saturated rings. The molecule has 102 valence electrons. The van der Waals surface area contributed by atoms with Crippen LogP contribution in [0.15, 0.2) is 18.2 Å². The van der Waals surface area contributed by atoms with Crippen molar-refractivity contribution < 1.29 is 24.0 Å². The van der Waals surface area contributed by atoms with Gasteiger partial charge in [0.15, 0.2) is 0 Å². The molecule has 0 spiro atoms. The summed E-state index contributed by atoms with van der Waals surface area (Å²) in [6, 6.07) is 1.29. The van der Waals surface area contributed by atoms with Gasteiger partial charge in [-0.05, 0) is 18.6 Å². The van der Waals surface area contributed by atoms with Crippen molar-refractivity contribution in [2.45, 2.75) is 19.4 Å². The van der Waals surface area contributed by atoms with E-state index in [4.69, 9.17) is 5.11 Å². The van der Waals surface area contributed by atoms with Gasteiger partial charge in [-0.15, -0.1) is 0 Å². The molecule has 1 rings (SSSR count). The average molecular weight is 270 g/mol. The molecule has 0 aliphatic rings. The summed E-state index contributed by atoms with van der Waals surface area (Å²) in [6.07, 6.45) is 0.121. The molecule has 1 unspecified atom stereocenters. The zero-order valence-electron chi connectivity index (χ0n) is 9.92. The van der Waals surface area contributed by atoms with Crippen LogP contribution >= 0.6 is 0 Å². The van der Waals surface area contributed by atoms with E-state index in [0.717, 1.165) is 12.1 Å². The molecule has 0 saturated heterocycles. The molecule has 0 aromatic heterocycles. The number of carbonyl (C=O) groups excluding carboxylic acids is 1. The van der Waals surface area contributed by atoms with Gasteiger partial charge in [-0.3, -0.25) is 14.9 Å². The Balaban J connectivity index is 3.06. The normalized spacial score (nSPS) is 11.7. The molecule has 1 aromatic rings. The van der Waals surface area contributed by atoms with Gasteiger partial charge in [-0.25, -0.2) is 9.18 Å². The maximum absolute atomic E-state index is 12.9. The first kappa shape index (κ1) is 14.6. The fraction of sp³-hybridized carbons (Fsp3) is 0.273. The number of carboxylic acid groups (broad SMARTS) is 1. The highest BCUT2D eigenvalue weighted by molar-refractivity contribution is 5.99. The zero-order valence-corrected chi connectivity index (χ0v) is 9.92. The molecular weight excluding hydrogens is 259 g/mol. The van der Waals surface area contributed by atoms with E-state index in [9.17, 15) is 24.1 Å². The number of nitrogens with zero attached hydrogens (tertiary/aromatic N) is 1. The predicted octanol–water partition coefficient (Wildman–Crippen LogP) is 1.33. The molecule has 8 heteroatoms. The average Bonchev–Trinajstić information content (AvgIpc) is 2.34. The van der Waals surface area contributed by atoms with Crippen LogP contribution in [0.3, 0.4) is 0 Å². The lowest BCUT2D eigenvalue weighted by Crippen LogP contribution is -2.40. The number of aliphatic carboxylic acids is 1. The Morgan fingerprint density at radius 2 is 2.16 bits per heavy atom. The predicted molar refractivity (Wildman–Crippen MR) is 62.2 cm³/mol. The van der Waals surface area contributed by atoms with Crippen LogP contribution in [0.5, 0.6) is 0 Å². The molecule has 19 heavy (non-hydrogen) atoms. The van der Waals surface area contributed by atoms with Crippen LogP contribution in [0, 0.1) is 15.9 Å². The molecule has 0 aliphatic heterocycles. The number of carbonyl (C=O) groups is 2. The van der Waals surface area contributed by atoms with Gasteiger partial charge in [0, 0.05) is 0 Å². The maximum Gasteiger partial charge on any atom is 0.326 e. The number of nitro benzene ring substituents is 1. The smallest absolute Gasteiger partial charge is 0.326 e. The number of rotatable bonds is 5. The van der Waals surface area contributed by atoms with Gasteiger partial charge >= 0.3 is 5.97 Å². The van der Waals surface area contributed by atoms with E-state index in [0.29, 0.717) is 6.07 Å². The lowest BCUT2D eigenvalue weighted by molar-refractivity contribution is -0.385. The van der Waals surface area contributed by atoms with Crippen molar-refractivity contribution in [3.05, 3.63) is 39.7 Å². The van der Waals surface area contributed by atoms with E-state index in [1.54, 1.807) is 0 Å². The second-order valence-electron chi connectivity index (χ2n) is 3.69. The third kappa shape index (κ3) is 3.47. The molecule has 0 aliphatic carbocycles. The number of benzene rings is 1. The molecule has 2 N–H and O–H groups in total. The Bertz CT molecular complexity index is 532. The van der Waals surface area contributed by atoms with Gasteiger partial charge in [0.1, 0.15) is 17.4 Å². The fourth-order valence-electron chi connectivity index (χ4n) is 1.42. The molecule has 1 atom stereocenters. The van der Waals surface area contributed by atoms with Crippen LogP contribution < -0.4 is 5.32 Å². The largest absolute Gasteiger partial charge is 0.480 e. The Morgan fingerprint density at radius 3 is 2.63 bits per heavy atom. The van der Waals surface area contributed by atoms with E-state index < -0.39 is 34.3 Å². The van der Waals surface area contributed by atoms with Gasteiger partial charge in [0.05, 0.1) is 11.0 Å². The fourth-order valence-corrected chi connectivity index (χ4v) is 1.42. The van der Waals surface area contributed by atoms with E-state index in [2.05, 4.69) is 5.32 Å². The first-order chi connectivity index (χ1) is 8.86. The van der Waals surface area contributed by atoms with Gasteiger partial charge in [-0.2, -0.15) is 0 Å². The summed E-state index contributed by atoms with van der Waals surface area (Å²) in [6.45, 7) is 1.54. The van der Waals surface area contributed by atoms with Crippen LogP contribution in [-0.4, -0.2) is 27.9 Å². The summed E-state index contributed by atoms with van der Waals surface area (Å²) in [7, 11) is 0. The first-order valence-corrected chi connectivity index (χ1v) is 5.34. The number of halogens is 1. The number of nitro groups is 1. The summed E-state index contributed by atoms with van der Waals surface area (Å²) < 4.78 is 12.9. The Morgan fingerprint density at radius 1 is 1.53 bits per heavy atom. The summed E-state index contributed by atoms with van der Waals surface area (Å²) in [5.41, 5.74) is -1.09. The highest BCUT2D eigenvalue weighted by Crippen LogP contribution is 2.19. The maximum atomic E-state index is 12.9. The van der Waals surface area contributed by atoms with Crippen LogP contribution in [-0.2, 0) is 4.79 Å². The number of nitrogens with one attached hydrogen (secondary N) is 1. The third-order valence-corrected chi connectivity index (χ3v) is 2.41. The second kappa shape index (κ2) is 5.89. The lowest BCUT2D eigenvalue weighted by atomic mass is 10.1. The Labute approximate surface area is 107 Å². The quantitative estimate of drug-likeness (QED) is 0.619. The number of hydrogen-bond donors (Lipinski definition) is 2. The Hall–Kier alpha value is -2.51. The molecule has 0 heterocycles. The number of amides is 1. The van der Waals surface area contributed by atoms with Crippen LogP contribution in [0.25, 0.3) is 0 Å². The minimum Gasteiger partial charge on any atom is -0.480 e. The molecule has 0 bridgehead atoms. The topological polar surface area (TPSA) is 110 Å². The first-order valence-electron chi connectivity index (χ1n) is 5.34. The van der Waals surface area contributed by atoms with Crippen molar-refractivity contribution >= 4 is 17.6 Å². The van der Waals surface area contributed by atoms with E-state index in [1.807, 2.05) is 0 Å². The monoisotopic (exact) mass is 270 g/mol. The highest BCUT2D eigenvalue weighted by atomic mass is 19.1. The lowest BCUT2D eigenvalue weighted by Gasteiger charge is -2.12.